The van der Waals surface area contributed by atoms with E-state index in [0.717, 1.165) is 11.1 Å². The molecule has 0 saturated heterocycles. The Morgan fingerprint density at radius 3 is 2.62 bits per heavy atom. The van der Waals surface area contributed by atoms with Gasteiger partial charge in [-0.05, 0) is 49.3 Å². The van der Waals surface area contributed by atoms with Crippen molar-refractivity contribution in [3.8, 4) is 6.07 Å². The minimum atomic E-state index is -1.12. The zero-order chi connectivity index (χ0) is 20.6. The van der Waals surface area contributed by atoms with Crippen molar-refractivity contribution in [3.63, 3.8) is 0 Å². The number of nitriles is 1. The van der Waals surface area contributed by atoms with Crippen molar-refractivity contribution in [3.05, 3.63) is 88.9 Å². The first-order valence-corrected chi connectivity index (χ1v) is 9.09. The second-order valence-electron chi connectivity index (χ2n) is 7.12. The first kappa shape index (κ1) is 19.0. The molecule has 0 fully saturated rings. The van der Waals surface area contributed by atoms with Crippen LogP contribution < -0.4 is 0 Å². The molecular formula is C22H18F2N4O. The van der Waals surface area contributed by atoms with Crippen LogP contribution >= 0.6 is 0 Å². The van der Waals surface area contributed by atoms with Crippen molar-refractivity contribution in [1.82, 2.24) is 9.88 Å². The molecule has 7 heteroatoms. The number of amidine groups is 1. The van der Waals surface area contributed by atoms with Crippen LogP contribution in [0.25, 0.3) is 0 Å². The number of allylic oxidation sites excluding steroid dienone is 2. The molecule has 146 valence electrons. The lowest BCUT2D eigenvalue weighted by Crippen LogP contribution is -2.38. The van der Waals surface area contributed by atoms with E-state index in [1.165, 1.54) is 18.2 Å². The summed E-state index contributed by atoms with van der Waals surface area (Å²) in [5, 5.41) is 9.02. The molecule has 0 spiro atoms. The number of ether oxygens (including phenoxy) is 1. The lowest BCUT2D eigenvalue weighted by Gasteiger charge is -2.34. The van der Waals surface area contributed by atoms with Gasteiger partial charge in [0.05, 0.1) is 6.61 Å². The molecule has 1 aromatic carbocycles. The summed E-state index contributed by atoms with van der Waals surface area (Å²) >= 11 is 0. The molecule has 2 aliphatic rings. The lowest BCUT2D eigenvalue weighted by molar-refractivity contribution is -0.0666. The summed E-state index contributed by atoms with van der Waals surface area (Å²) < 4.78 is 34.2. The summed E-state index contributed by atoms with van der Waals surface area (Å²) in [6, 6.07) is 8.72. The summed E-state index contributed by atoms with van der Waals surface area (Å²) in [6.45, 7) is 3.47. The van der Waals surface area contributed by atoms with Gasteiger partial charge >= 0.3 is 0 Å². The van der Waals surface area contributed by atoms with Crippen molar-refractivity contribution in [2.75, 3.05) is 0 Å². The highest BCUT2D eigenvalue weighted by molar-refractivity contribution is 5.97. The fraction of sp³-hybridized carbons (Fsp3) is 0.227. The first-order chi connectivity index (χ1) is 13.9. The van der Waals surface area contributed by atoms with Crippen LogP contribution in [0.2, 0.25) is 0 Å². The largest absolute Gasteiger partial charge is 0.347 e. The van der Waals surface area contributed by atoms with Gasteiger partial charge in [-0.15, -0.1) is 0 Å². The average Bonchev–Trinajstić information content (AvgIpc) is 2.99. The predicted octanol–water partition coefficient (Wildman–Crippen LogP) is 4.39. The highest BCUT2D eigenvalue weighted by atomic mass is 19.1. The van der Waals surface area contributed by atoms with Gasteiger partial charge in [0.15, 0.2) is 5.72 Å². The van der Waals surface area contributed by atoms with Crippen LogP contribution in [0.1, 0.15) is 36.7 Å². The molecule has 0 bridgehead atoms. The molecule has 2 aromatic rings. The van der Waals surface area contributed by atoms with Crippen LogP contribution in [0.4, 0.5) is 8.78 Å². The third-order valence-electron chi connectivity index (χ3n) is 5.01. The standard InChI is InChI=1S/C22H18F2N4O/c1-14-6-9-20-27-22(2,29-13-17-18(23)4-3-5-19(17)24)21(28(20)12-14)15-7-8-16(10-25)26-11-15/h3-9,11-12,21H,13H2,1-2H3. The molecule has 5 nitrogen and oxygen atoms in total. The number of fused-ring (bicyclic) bond motifs is 1. The maximum Gasteiger partial charge on any atom is 0.183 e. The van der Waals surface area contributed by atoms with Crippen LogP contribution in [-0.2, 0) is 11.3 Å². The monoisotopic (exact) mass is 392 g/mol. The highest BCUT2D eigenvalue weighted by Gasteiger charge is 2.47. The quantitative estimate of drug-likeness (QED) is 0.774. The molecule has 1 aromatic heterocycles. The number of hydrogen-bond acceptors (Lipinski definition) is 5. The molecule has 0 aliphatic carbocycles. The third-order valence-corrected chi connectivity index (χ3v) is 5.01. The van der Waals surface area contributed by atoms with Gasteiger partial charge in [-0.3, -0.25) is 0 Å². The molecule has 0 amide bonds. The number of benzene rings is 1. The topological polar surface area (TPSA) is 61.5 Å². The number of rotatable bonds is 4. The zero-order valence-corrected chi connectivity index (χ0v) is 15.9. The van der Waals surface area contributed by atoms with E-state index in [1.54, 1.807) is 25.3 Å². The molecular weight excluding hydrogens is 374 g/mol. The number of aromatic nitrogens is 1. The summed E-state index contributed by atoms with van der Waals surface area (Å²) in [7, 11) is 0. The Morgan fingerprint density at radius 1 is 1.21 bits per heavy atom. The lowest BCUT2D eigenvalue weighted by atomic mass is 9.97. The predicted molar refractivity (Wildman–Crippen MR) is 103 cm³/mol. The molecule has 2 unspecified atom stereocenters. The summed E-state index contributed by atoms with van der Waals surface area (Å²) in [5.41, 5.74) is 0.844. The van der Waals surface area contributed by atoms with E-state index in [9.17, 15) is 8.78 Å². The van der Waals surface area contributed by atoms with E-state index >= 15 is 0 Å². The van der Waals surface area contributed by atoms with Gasteiger partial charge in [0.25, 0.3) is 0 Å². The number of hydrogen-bond donors (Lipinski definition) is 0. The van der Waals surface area contributed by atoms with E-state index in [-0.39, 0.29) is 12.2 Å². The summed E-state index contributed by atoms with van der Waals surface area (Å²) in [5.74, 6) is -0.644. The molecule has 4 rings (SSSR count). The third kappa shape index (κ3) is 3.43. The van der Waals surface area contributed by atoms with Crippen molar-refractivity contribution in [1.29, 1.82) is 5.26 Å². The highest BCUT2D eigenvalue weighted by Crippen LogP contribution is 2.43. The average molecular weight is 392 g/mol. The van der Waals surface area contributed by atoms with Crippen molar-refractivity contribution in [2.24, 2.45) is 4.99 Å². The smallest absolute Gasteiger partial charge is 0.183 e. The Labute approximate surface area is 167 Å². The minimum Gasteiger partial charge on any atom is -0.347 e. The van der Waals surface area contributed by atoms with Crippen LogP contribution in [0.5, 0.6) is 0 Å². The number of halogens is 2. The van der Waals surface area contributed by atoms with Crippen LogP contribution in [0.15, 0.2) is 65.4 Å². The van der Waals surface area contributed by atoms with Crippen molar-refractivity contribution in [2.45, 2.75) is 32.2 Å². The van der Waals surface area contributed by atoms with E-state index in [4.69, 9.17) is 15.0 Å². The Bertz CT molecular complexity index is 1060. The van der Waals surface area contributed by atoms with Crippen LogP contribution in [-0.4, -0.2) is 21.4 Å². The molecule has 0 saturated carbocycles. The van der Waals surface area contributed by atoms with Crippen LogP contribution in [0.3, 0.4) is 0 Å². The number of nitrogens with zero attached hydrogens (tertiary/aromatic N) is 4. The molecule has 2 atom stereocenters. The van der Waals surface area contributed by atoms with Gasteiger partial charge in [0, 0.05) is 18.0 Å². The summed E-state index contributed by atoms with van der Waals surface area (Å²) in [6.07, 6.45) is 7.36. The van der Waals surface area contributed by atoms with E-state index in [0.29, 0.717) is 11.5 Å². The van der Waals surface area contributed by atoms with E-state index < -0.39 is 23.4 Å². The van der Waals surface area contributed by atoms with E-state index in [2.05, 4.69) is 4.98 Å². The molecule has 29 heavy (non-hydrogen) atoms. The van der Waals surface area contributed by atoms with E-state index in [1.807, 2.05) is 36.2 Å². The molecule has 2 aliphatic heterocycles. The fourth-order valence-electron chi connectivity index (χ4n) is 3.57. The van der Waals surface area contributed by atoms with Gasteiger partial charge in [0.1, 0.15) is 35.3 Å². The second kappa shape index (κ2) is 7.22. The van der Waals surface area contributed by atoms with Gasteiger partial charge in [-0.25, -0.2) is 18.8 Å². The summed E-state index contributed by atoms with van der Waals surface area (Å²) in [4.78, 5) is 10.8. The zero-order valence-electron chi connectivity index (χ0n) is 15.9. The molecule has 0 N–H and O–H groups in total. The number of pyridine rings is 1. The Balaban J connectivity index is 1.71. The van der Waals surface area contributed by atoms with Gasteiger partial charge < -0.3 is 9.64 Å². The van der Waals surface area contributed by atoms with Gasteiger partial charge in [-0.1, -0.05) is 18.2 Å². The SMILES string of the molecule is CC1=CN2C(=NC(C)(OCc3c(F)cccc3F)C2c2ccc(C#N)nc2)C=C1. The number of aliphatic imine (C=N–C) groups is 1. The maximum atomic E-state index is 14.1. The van der Waals surface area contributed by atoms with Crippen LogP contribution in [0, 0.1) is 23.0 Å². The Morgan fingerprint density at radius 2 is 1.97 bits per heavy atom. The second-order valence-corrected chi connectivity index (χ2v) is 7.12. The fourth-order valence-corrected chi connectivity index (χ4v) is 3.57. The van der Waals surface area contributed by atoms with Gasteiger partial charge in [-0.2, -0.15) is 5.26 Å². The molecule has 0 radical (unpaired) electrons. The van der Waals surface area contributed by atoms with Gasteiger partial charge in [0.2, 0.25) is 0 Å². The van der Waals surface area contributed by atoms with Crippen molar-refractivity contribution < 1.29 is 13.5 Å². The normalized spacial score (nSPS) is 22.7. The molecule has 3 heterocycles. The maximum absolute atomic E-state index is 14.1. The Hall–Kier alpha value is -3.37. The minimum absolute atomic E-state index is 0.141. The van der Waals surface area contributed by atoms with Crippen molar-refractivity contribution >= 4 is 5.84 Å². The first-order valence-electron chi connectivity index (χ1n) is 9.09. The Kier molecular flexibility index (Phi) is 4.73.